The van der Waals surface area contributed by atoms with Crippen LogP contribution in [0.1, 0.15) is 40.9 Å². The van der Waals surface area contributed by atoms with E-state index in [2.05, 4.69) is 14.8 Å². The SMILES string of the molecule is O=C(c1ccc(F)cc1F)N1CCc2cnc(N3CCN(C4CCC4)CC3)nc2CC1. The Labute approximate surface area is 180 Å². The van der Waals surface area contributed by atoms with Crippen molar-refractivity contribution in [1.82, 2.24) is 19.8 Å². The molecule has 1 aromatic heterocycles. The first-order valence-corrected chi connectivity index (χ1v) is 11.2. The molecule has 3 heterocycles. The number of benzene rings is 1. The lowest BCUT2D eigenvalue weighted by Crippen LogP contribution is -2.52. The van der Waals surface area contributed by atoms with Gasteiger partial charge < -0.3 is 9.80 Å². The Morgan fingerprint density at radius 3 is 2.48 bits per heavy atom. The van der Waals surface area contributed by atoms with Crippen LogP contribution in [0, 0.1) is 11.6 Å². The summed E-state index contributed by atoms with van der Waals surface area (Å²) in [5.41, 5.74) is 1.90. The van der Waals surface area contributed by atoms with Gasteiger partial charge in [0.05, 0.1) is 11.3 Å². The second kappa shape index (κ2) is 8.49. The molecule has 0 spiro atoms. The van der Waals surface area contributed by atoms with Gasteiger partial charge in [-0.2, -0.15) is 0 Å². The molecule has 5 rings (SSSR count). The first kappa shape index (κ1) is 20.3. The van der Waals surface area contributed by atoms with Gasteiger partial charge in [-0.1, -0.05) is 6.42 Å². The Kier molecular flexibility index (Phi) is 5.56. The molecule has 3 aliphatic rings. The fourth-order valence-corrected chi connectivity index (χ4v) is 4.69. The zero-order valence-electron chi connectivity index (χ0n) is 17.6. The van der Waals surface area contributed by atoms with Crippen molar-refractivity contribution in [2.45, 2.75) is 38.1 Å². The molecule has 8 heteroatoms. The van der Waals surface area contributed by atoms with Crippen LogP contribution >= 0.6 is 0 Å². The standard InChI is InChI=1S/C23H27F2N5O/c24-17-4-5-19(20(25)14-17)22(31)29-8-6-16-15-26-23(27-21(16)7-9-29)30-12-10-28(11-13-30)18-2-1-3-18/h4-5,14-15,18H,1-3,6-13H2. The summed E-state index contributed by atoms with van der Waals surface area (Å²) in [6.45, 7) is 4.89. The maximum absolute atomic E-state index is 14.1. The van der Waals surface area contributed by atoms with Crippen molar-refractivity contribution >= 4 is 11.9 Å². The van der Waals surface area contributed by atoms with E-state index in [1.807, 2.05) is 6.20 Å². The van der Waals surface area contributed by atoms with Crippen molar-refractivity contribution in [3.05, 3.63) is 52.9 Å². The minimum Gasteiger partial charge on any atom is -0.338 e. The number of hydrogen-bond donors (Lipinski definition) is 0. The van der Waals surface area contributed by atoms with Gasteiger partial charge in [0.25, 0.3) is 5.91 Å². The highest BCUT2D eigenvalue weighted by atomic mass is 19.1. The van der Waals surface area contributed by atoms with Gasteiger partial charge in [-0.25, -0.2) is 18.7 Å². The molecule has 0 unspecified atom stereocenters. The van der Waals surface area contributed by atoms with Gasteiger partial charge in [0.2, 0.25) is 5.95 Å². The summed E-state index contributed by atoms with van der Waals surface area (Å²) in [5, 5.41) is 0. The first-order valence-electron chi connectivity index (χ1n) is 11.2. The second-order valence-electron chi connectivity index (χ2n) is 8.67. The van der Waals surface area contributed by atoms with Crippen molar-refractivity contribution < 1.29 is 13.6 Å². The summed E-state index contributed by atoms with van der Waals surface area (Å²) in [6.07, 6.45) is 7.11. The number of hydrogen-bond acceptors (Lipinski definition) is 5. The number of anilines is 1. The van der Waals surface area contributed by atoms with E-state index in [4.69, 9.17) is 4.98 Å². The summed E-state index contributed by atoms with van der Waals surface area (Å²) in [6, 6.07) is 3.85. The maximum Gasteiger partial charge on any atom is 0.256 e. The fraction of sp³-hybridized carbons (Fsp3) is 0.522. The van der Waals surface area contributed by atoms with Crippen molar-refractivity contribution in [1.29, 1.82) is 0 Å². The lowest BCUT2D eigenvalue weighted by atomic mass is 9.91. The summed E-state index contributed by atoms with van der Waals surface area (Å²) in [5.74, 6) is -1.16. The quantitative estimate of drug-likeness (QED) is 0.754. The van der Waals surface area contributed by atoms with Gasteiger partial charge in [0.1, 0.15) is 11.6 Å². The smallest absolute Gasteiger partial charge is 0.256 e. The van der Waals surface area contributed by atoms with Crippen LogP contribution in [0.15, 0.2) is 24.4 Å². The Morgan fingerprint density at radius 2 is 1.77 bits per heavy atom. The average Bonchev–Trinajstić information content (AvgIpc) is 2.95. The van der Waals surface area contributed by atoms with Gasteiger partial charge in [-0.3, -0.25) is 9.69 Å². The molecule has 1 amide bonds. The minimum absolute atomic E-state index is 0.0940. The normalized spacial score (nSPS) is 20.2. The zero-order chi connectivity index (χ0) is 21.4. The van der Waals surface area contributed by atoms with Crippen LogP contribution in [-0.4, -0.2) is 71.0 Å². The summed E-state index contributed by atoms with van der Waals surface area (Å²) in [4.78, 5) is 28.7. The molecule has 31 heavy (non-hydrogen) atoms. The van der Waals surface area contributed by atoms with E-state index in [-0.39, 0.29) is 5.56 Å². The molecule has 0 N–H and O–H groups in total. The van der Waals surface area contributed by atoms with Gasteiger partial charge in [-0.05, 0) is 37.0 Å². The molecule has 0 bridgehead atoms. The fourth-order valence-electron chi connectivity index (χ4n) is 4.69. The van der Waals surface area contributed by atoms with Crippen LogP contribution in [0.2, 0.25) is 0 Å². The highest BCUT2D eigenvalue weighted by Gasteiger charge is 2.29. The summed E-state index contributed by atoms with van der Waals surface area (Å²) >= 11 is 0. The topological polar surface area (TPSA) is 52.6 Å². The molecule has 2 aliphatic heterocycles. The molecule has 6 nitrogen and oxygen atoms in total. The van der Waals surface area contributed by atoms with E-state index in [0.717, 1.165) is 61.6 Å². The Hall–Kier alpha value is -2.61. The van der Waals surface area contributed by atoms with Gasteiger partial charge in [0.15, 0.2) is 0 Å². The van der Waals surface area contributed by atoms with Crippen molar-refractivity contribution in [3.63, 3.8) is 0 Å². The predicted molar refractivity (Wildman–Crippen MR) is 113 cm³/mol. The second-order valence-corrected chi connectivity index (χ2v) is 8.67. The Bertz CT molecular complexity index is 972. The number of fused-ring (bicyclic) bond motifs is 1. The van der Waals surface area contributed by atoms with Crippen LogP contribution in [0.25, 0.3) is 0 Å². The van der Waals surface area contributed by atoms with Crippen molar-refractivity contribution in [2.24, 2.45) is 0 Å². The summed E-state index contributed by atoms with van der Waals surface area (Å²) in [7, 11) is 0. The molecule has 1 saturated carbocycles. The lowest BCUT2D eigenvalue weighted by molar-refractivity contribution is 0.0758. The monoisotopic (exact) mass is 427 g/mol. The number of aromatic nitrogens is 2. The number of carbonyl (C=O) groups is 1. The number of halogens is 2. The van der Waals surface area contributed by atoms with Gasteiger partial charge >= 0.3 is 0 Å². The van der Waals surface area contributed by atoms with Crippen molar-refractivity contribution in [2.75, 3.05) is 44.2 Å². The number of rotatable bonds is 3. The molecule has 1 saturated heterocycles. The van der Waals surface area contributed by atoms with E-state index in [1.165, 1.54) is 25.3 Å². The minimum atomic E-state index is -0.824. The van der Waals surface area contributed by atoms with Crippen LogP contribution in [-0.2, 0) is 12.8 Å². The molecule has 0 radical (unpaired) electrons. The van der Waals surface area contributed by atoms with E-state index >= 15 is 0 Å². The molecule has 2 fully saturated rings. The van der Waals surface area contributed by atoms with Crippen LogP contribution < -0.4 is 4.90 Å². The molecular formula is C23H27F2N5O. The molecular weight excluding hydrogens is 400 g/mol. The molecule has 2 aromatic rings. The Morgan fingerprint density at radius 1 is 1.00 bits per heavy atom. The largest absolute Gasteiger partial charge is 0.338 e. The van der Waals surface area contributed by atoms with Gasteiger partial charge in [-0.15, -0.1) is 0 Å². The number of nitrogens with zero attached hydrogens (tertiary/aromatic N) is 5. The number of amides is 1. The van der Waals surface area contributed by atoms with Crippen LogP contribution in [0.3, 0.4) is 0 Å². The van der Waals surface area contributed by atoms with E-state index in [9.17, 15) is 13.6 Å². The van der Waals surface area contributed by atoms with Crippen LogP contribution in [0.4, 0.5) is 14.7 Å². The van der Waals surface area contributed by atoms with E-state index in [1.54, 1.807) is 4.90 Å². The molecule has 1 aliphatic carbocycles. The first-order chi connectivity index (χ1) is 15.1. The van der Waals surface area contributed by atoms with Crippen LogP contribution in [0.5, 0.6) is 0 Å². The van der Waals surface area contributed by atoms with Gasteiger partial charge in [0, 0.05) is 64.0 Å². The van der Waals surface area contributed by atoms with Crippen molar-refractivity contribution in [3.8, 4) is 0 Å². The third kappa shape index (κ3) is 4.13. The third-order valence-corrected chi connectivity index (χ3v) is 6.85. The van der Waals surface area contributed by atoms with E-state index < -0.39 is 17.5 Å². The third-order valence-electron chi connectivity index (χ3n) is 6.85. The average molecular weight is 427 g/mol. The number of piperazine rings is 1. The van der Waals surface area contributed by atoms with E-state index in [0.29, 0.717) is 25.9 Å². The highest BCUT2D eigenvalue weighted by Crippen LogP contribution is 2.26. The molecule has 0 atom stereocenters. The Balaban J connectivity index is 1.25. The summed E-state index contributed by atoms with van der Waals surface area (Å²) < 4.78 is 27.2. The highest BCUT2D eigenvalue weighted by molar-refractivity contribution is 5.94. The molecule has 164 valence electrons. The molecule has 1 aromatic carbocycles. The maximum atomic E-state index is 14.1. The zero-order valence-corrected chi connectivity index (χ0v) is 17.6. The number of carbonyl (C=O) groups excluding carboxylic acids is 1. The lowest BCUT2D eigenvalue weighted by Gasteiger charge is -2.43. The predicted octanol–water partition coefficient (Wildman–Crippen LogP) is 2.67.